The molecular weight excluding hydrogens is 412 g/mol. The first-order chi connectivity index (χ1) is 15.5. The molecule has 3 aliphatic rings. The van der Waals surface area contributed by atoms with Crippen molar-refractivity contribution in [1.82, 2.24) is 10.2 Å². The van der Waals surface area contributed by atoms with Gasteiger partial charge in [-0.2, -0.15) is 0 Å². The Labute approximate surface area is 185 Å². The third-order valence-electron chi connectivity index (χ3n) is 6.36. The quantitative estimate of drug-likeness (QED) is 0.623. The molecule has 1 atom stereocenters. The smallest absolute Gasteiger partial charge is 0.328 e. The summed E-state index contributed by atoms with van der Waals surface area (Å²) in [5.41, 5.74) is 5.08. The Morgan fingerprint density at radius 2 is 1.84 bits per heavy atom. The maximum Gasteiger partial charge on any atom is 0.328 e. The number of esters is 1. The summed E-state index contributed by atoms with van der Waals surface area (Å²) in [7, 11) is 1.28. The van der Waals surface area contributed by atoms with E-state index in [4.69, 9.17) is 14.2 Å². The highest BCUT2D eigenvalue weighted by atomic mass is 16.7. The molecule has 2 aromatic rings. The van der Waals surface area contributed by atoms with Crippen molar-refractivity contribution in [2.75, 3.05) is 33.4 Å². The summed E-state index contributed by atoms with van der Waals surface area (Å²) in [5.74, 6) is -2.25. The van der Waals surface area contributed by atoms with Crippen molar-refractivity contribution in [2.24, 2.45) is 0 Å². The van der Waals surface area contributed by atoms with Gasteiger partial charge in [0.2, 0.25) is 5.91 Å². The van der Waals surface area contributed by atoms with E-state index in [1.54, 1.807) is 6.07 Å². The van der Waals surface area contributed by atoms with E-state index in [0.717, 1.165) is 17.5 Å². The second-order valence-electron chi connectivity index (χ2n) is 8.26. The van der Waals surface area contributed by atoms with Crippen LogP contribution < -0.4 is 5.32 Å². The Kier molecular flexibility index (Phi) is 5.19. The summed E-state index contributed by atoms with van der Waals surface area (Å²) >= 11 is 0. The van der Waals surface area contributed by atoms with E-state index in [2.05, 4.69) is 17.4 Å². The van der Waals surface area contributed by atoms with E-state index in [1.807, 2.05) is 24.3 Å². The summed E-state index contributed by atoms with van der Waals surface area (Å²) in [6.45, 7) is 0.704. The number of ether oxygens (including phenoxy) is 3. The van der Waals surface area contributed by atoms with Crippen molar-refractivity contribution in [1.29, 1.82) is 0 Å². The third kappa shape index (κ3) is 3.55. The average Bonchev–Trinajstić information content (AvgIpc) is 3.53. The topological polar surface area (TPSA) is 94.2 Å². The zero-order chi connectivity index (χ0) is 22.3. The minimum Gasteiger partial charge on any atom is -0.467 e. The molecule has 0 saturated carbocycles. The minimum atomic E-state index is -0.980. The summed E-state index contributed by atoms with van der Waals surface area (Å²) in [4.78, 5) is 39.3. The molecule has 32 heavy (non-hydrogen) atoms. The molecule has 1 aliphatic carbocycles. The summed E-state index contributed by atoms with van der Waals surface area (Å²) in [6.07, 6.45) is 1.06. The van der Waals surface area contributed by atoms with Gasteiger partial charge < -0.3 is 24.4 Å². The zero-order valence-electron chi connectivity index (χ0n) is 17.8. The molecule has 5 rings (SSSR count). The molecule has 8 nitrogen and oxygen atoms in total. The molecule has 0 bridgehead atoms. The van der Waals surface area contributed by atoms with Gasteiger partial charge in [0.25, 0.3) is 5.91 Å². The summed E-state index contributed by atoms with van der Waals surface area (Å²) in [6, 6.07) is 12.9. The second-order valence-corrected chi connectivity index (χ2v) is 8.26. The molecule has 2 amide bonds. The van der Waals surface area contributed by atoms with Crippen LogP contribution in [0.25, 0.3) is 11.1 Å². The fourth-order valence-corrected chi connectivity index (χ4v) is 4.78. The molecule has 2 aromatic carbocycles. The molecule has 2 fully saturated rings. The van der Waals surface area contributed by atoms with Gasteiger partial charge in [-0.25, -0.2) is 4.79 Å². The number of likely N-dealkylation sites (tertiary alicyclic amines) is 1. The zero-order valence-corrected chi connectivity index (χ0v) is 17.8. The van der Waals surface area contributed by atoms with Crippen molar-refractivity contribution in [2.45, 2.75) is 24.7 Å². The van der Waals surface area contributed by atoms with Crippen molar-refractivity contribution < 1.29 is 28.6 Å². The van der Waals surface area contributed by atoms with Crippen LogP contribution in [-0.4, -0.2) is 67.9 Å². The molecular formula is C24H24N2O6. The predicted octanol–water partition coefficient (Wildman–Crippen LogP) is 1.50. The van der Waals surface area contributed by atoms with Crippen molar-refractivity contribution in [3.63, 3.8) is 0 Å². The number of carbonyl (C=O) groups excluding carboxylic acids is 3. The van der Waals surface area contributed by atoms with Gasteiger partial charge in [-0.15, -0.1) is 0 Å². The van der Waals surface area contributed by atoms with Crippen LogP contribution in [-0.2, 0) is 30.2 Å². The maximum absolute atomic E-state index is 12.9. The van der Waals surface area contributed by atoms with E-state index in [-0.39, 0.29) is 25.4 Å². The Hall–Kier alpha value is -3.23. The molecule has 166 valence electrons. The molecule has 0 radical (unpaired) electrons. The van der Waals surface area contributed by atoms with Crippen LogP contribution in [0.4, 0.5) is 0 Å². The van der Waals surface area contributed by atoms with Crippen molar-refractivity contribution in [3.05, 3.63) is 59.2 Å². The average molecular weight is 436 g/mol. The van der Waals surface area contributed by atoms with Crippen LogP contribution in [0.15, 0.2) is 42.5 Å². The number of benzene rings is 2. The molecule has 0 unspecified atom stereocenters. The standard InChI is InChI=1S/C24H24N2O6/c1-30-23(29)20-12-24(31-8-9-32-24)14-26(20)21(27)13-25-22(28)17-7-6-16-10-15-4-2-3-5-18(15)19(16)11-17/h2-7,11,20H,8-10,12-14H2,1H3,(H,25,28)/t20-/m0/s1. The van der Waals surface area contributed by atoms with E-state index in [1.165, 1.54) is 23.1 Å². The molecule has 2 heterocycles. The third-order valence-corrected chi connectivity index (χ3v) is 6.36. The number of carbonyl (C=O) groups is 3. The van der Waals surface area contributed by atoms with E-state index in [9.17, 15) is 14.4 Å². The molecule has 1 N–H and O–H groups in total. The van der Waals surface area contributed by atoms with Crippen LogP contribution in [0.5, 0.6) is 0 Å². The predicted molar refractivity (Wildman–Crippen MR) is 114 cm³/mol. The van der Waals surface area contributed by atoms with Crippen molar-refractivity contribution >= 4 is 17.8 Å². The van der Waals surface area contributed by atoms with Gasteiger partial charge in [-0.3, -0.25) is 9.59 Å². The first-order valence-corrected chi connectivity index (χ1v) is 10.6. The molecule has 1 spiro atoms. The molecule has 8 heteroatoms. The lowest BCUT2D eigenvalue weighted by molar-refractivity contribution is -0.152. The number of nitrogens with zero attached hydrogens (tertiary/aromatic N) is 1. The van der Waals surface area contributed by atoms with E-state index < -0.39 is 23.7 Å². The summed E-state index contributed by atoms with van der Waals surface area (Å²) in [5, 5.41) is 2.68. The normalized spacial score (nSPS) is 20.2. The fourth-order valence-electron chi connectivity index (χ4n) is 4.78. The van der Waals surface area contributed by atoms with Crippen LogP contribution in [0.3, 0.4) is 0 Å². The number of amides is 2. The lowest BCUT2D eigenvalue weighted by Gasteiger charge is -2.23. The Balaban J connectivity index is 1.27. The fraction of sp³-hybridized carbons (Fsp3) is 0.375. The van der Waals surface area contributed by atoms with Crippen LogP contribution in [0, 0.1) is 0 Å². The SMILES string of the molecule is COC(=O)[C@@H]1CC2(CN1C(=O)CNC(=O)c1ccc3c(c1)-c1ccccc1C3)OCCO2. The first-order valence-electron chi connectivity index (χ1n) is 10.6. The van der Waals surface area contributed by atoms with Gasteiger partial charge >= 0.3 is 5.97 Å². The lowest BCUT2D eigenvalue weighted by Crippen LogP contribution is -2.46. The summed E-state index contributed by atoms with van der Waals surface area (Å²) < 4.78 is 16.2. The molecule has 2 aliphatic heterocycles. The van der Waals surface area contributed by atoms with Crippen LogP contribution in [0.1, 0.15) is 27.9 Å². The number of fused-ring (bicyclic) bond motifs is 3. The highest BCUT2D eigenvalue weighted by molar-refractivity contribution is 5.98. The second kappa shape index (κ2) is 8.03. The number of methoxy groups -OCH3 is 1. The Morgan fingerprint density at radius 1 is 1.09 bits per heavy atom. The molecule has 2 saturated heterocycles. The monoisotopic (exact) mass is 436 g/mol. The van der Waals surface area contributed by atoms with Gasteiger partial charge in [0, 0.05) is 12.0 Å². The minimum absolute atomic E-state index is 0.122. The lowest BCUT2D eigenvalue weighted by atomic mass is 10.0. The van der Waals surface area contributed by atoms with Gasteiger partial charge in [-0.05, 0) is 40.8 Å². The number of nitrogens with one attached hydrogen (secondary N) is 1. The highest BCUT2D eigenvalue weighted by Gasteiger charge is 2.52. The van der Waals surface area contributed by atoms with Gasteiger partial charge in [-0.1, -0.05) is 30.3 Å². The maximum atomic E-state index is 12.9. The highest BCUT2D eigenvalue weighted by Crippen LogP contribution is 2.37. The van der Waals surface area contributed by atoms with Crippen LogP contribution in [0.2, 0.25) is 0 Å². The Bertz CT molecular complexity index is 1090. The van der Waals surface area contributed by atoms with Gasteiger partial charge in [0.1, 0.15) is 6.04 Å². The van der Waals surface area contributed by atoms with Crippen molar-refractivity contribution in [3.8, 4) is 11.1 Å². The number of hydrogen-bond donors (Lipinski definition) is 1. The van der Waals surface area contributed by atoms with Crippen LogP contribution >= 0.6 is 0 Å². The number of rotatable bonds is 4. The first kappa shape index (κ1) is 20.7. The van der Waals surface area contributed by atoms with Gasteiger partial charge in [0.05, 0.1) is 33.4 Å². The Morgan fingerprint density at radius 3 is 2.62 bits per heavy atom. The van der Waals surface area contributed by atoms with Gasteiger partial charge in [0.15, 0.2) is 5.79 Å². The van der Waals surface area contributed by atoms with E-state index >= 15 is 0 Å². The molecule has 0 aromatic heterocycles. The largest absolute Gasteiger partial charge is 0.467 e. The number of hydrogen-bond acceptors (Lipinski definition) is 6. The van der Waals surface area contributed by atoms with E-state index in [0.29, 0.717) is 18.8 Å².